The van der Waals surface area contributed by atoms with Crippen molar-refractivity contribution < 1.29 is 4.92 Å². The van der Waals surface area contributed by atoms with Crippen molar-refractivity contribution in [3.63, 3.8) is 0 Å². The summed E-state index contributed by atoms with van der Waals surface area (Å²) < 4.78 is 1.42. The molecule has 0 atom stereocenters. The molecule has 1 aromatic heterocycles. The second-order valence-electron chi connectivity index (χ2n) is 3.62. The van der Waals surface area contributed by atoms with Gasteiger partial charge in [-0.15, -0.1) is 5.10 Å². The maximum absolute atomic E-state index is 10.8. The molecule has 88 valence electrons. The van der Waals surface area contributed by atoms with Crippen molar-refractivity contribution >= 4 is 11.6 Å². The largest absolute Gasteiger partial charge is 0.368 e. The van der Waals surface area contributed by atoms with Gasteiger partial charge in [0.15, 0.2) is 5.82 Å². The number of nitro benzene ring substituents is 1. The molecule has 0 unspecified atom stereocenters. The first-order chi connectivity index (χ1) is 8.00. The van der Waals surface area contributed by atoms with E-state index in [2.05, 4.69) is 10.1 Å². The van der Waals surface area contributed by atoms with Crippen molar-refractivity contribution in [1.29, 1.82) is 0 Å². The molecule has 0 saturated carbocycles. The summed E-state index contributed by atoms with van der Waals surface area (Å²) in [5.74, 6) is 0.664. The van der Waals surface area contributed by atoms with Crippen molar-refractivity contribution in [2.45, 2.75) is 6.92 Å². The number of aromatic nitrogens is 3. The number of hydrogen-bond acceptors (Lipinski definition) is 5. The van der Waals surface area contributed by atoms with Gasteiger partial charge in [-0.25, -0.2) is 4.68 Å². The van der Waals surface area contributed by atoms with Crippen molar-refractivity contribution in [2.24, 2.45) is 7.05 Å². The minimum Gasteiger partial charge on any atom is -0.368 e. The zero-order valence-corrected chi connectivity index (χ0v) is 9.41. The summed E-state index contributed by atoms with van der Waals surface area (Å²) in [5, 5.41) is 14.9. The normalized spacial score (nSPS) is 10.5. The Kier molecular flexibility index (Phi) is 2.51. The highest BCUT2D eigenvalue weighted by atomic mass is 16.6. The van der Waals surface area contributed by atoms with Gasteiger partial charge in [0.1, 0.15) is 0 Å². The van der Waals surface area contributed by atoms with Crippen LogP contribution in [0.4, 0.5) is 11.6 Å². The smallest absolute Gasteiger partial charge is 0.273 e. The Balaban J connectivity index is 2.60. The van der Waals surface area contributed by atoms with Crippen molar-refractivity contribution in [3.8, 4) is 11.4 Å². The van der Waals surface area contributed by atoms with Crippen LogP contribution in [-0.4, -0.2) is 19.7 Å². The van der Waals surface area contributed by atoms with Gasteiger partial charge in [0.25, 0.3) is 5.69 Å². The van der Waals surface area contributed by atoms with Crippen LogP contribution < -0.4 is 5.73 Å². The molecule has 0 aliphatic heterocycles. The molecule has 7 nitrogen and oxygen atoms in total. The lowest BCUT2D eigenvalue weighted by atomic mass is 10.1. The molecule has 17 heavy (non-hydrogen) atoms. The van der Waals surface area contributed by atoms with E-state index < -0.39 is 4.92 Å². The van der Waals surface area contributed by atoms with Crippen LogP contribution in [0.5, 0.6) is 0 Å². The maximum atomic E-state index is 10.8. The highest BCUT2D eigenvalue weighted by Crippen LogP contribution is 2.27. The first-order valence-electron chi connectivity index (χ1n) is 4.91. The van der Waals surface area contributed by atoms with Crippen molar-refractivity contribution in [2.75, 3.05) is 5.73 Å². The van der Waals surface area contributed by atoms with Crippen LogP contribution in [-0.2, 0) is 7.05 Å². The summed E-state index contributed by atoms with van der Waals surface area (Å²) in [5.41, 5.74) is 6.78. The first kappa shape index (κ1) is 11.1. The molecule has 1 aromatic carbocycles. The fourth-order valence-electron chi connectivity index (χ4n) is 1.57. The average molecular weight is 233 g/mol. The molecule has 2 N–H and O–H groups in total. The Morgan fingerprint density at radius 3 is 2.71 bits per heavy atom. The molecule has 0 radical (unpaired) electrons. The number of benzene rings is 1. The standard InChI is InChI=1S/C10H11N5O2/c1-6-7(4-3-5-8(6)15(16)17)9-12-10(11)14(2)13-9/h3-5H,1-2H3,(H2,11,12,13). The van der Waals surface area contributed by atoms with Crippen LogP contribution in [0, 0.1) is 17.0 Å². The molecule has 0 bridgehead atoms. The van der Waals surface area contributed by atoms with E-state index in [0.717, 1.165) is 0 Å². The van der Waals surface area contributed by atoms with Gasteiger partial charge in [-0.2, -0.15) is 4.98 Å². The predicted molar refractivity (Wildman–Crippen MR) is 62.2 cm³/mol. The quantitative estimate of drug-likeness (QED) is 0.622. The van der Waals surface area contributed by atoms with Crippen LogP contribution in [0.3, 0.4) is 0 Å². The molecular weight excluding hydrogens is 222 g/mol. The molecule has 0 saturated heterocycles. The number of nitro groups is 1. The van der Waals surface area contributed by atoms with E-state index in [0.29, 0.717) is 17.0 Å². The van der Waals surface area contributed by atoms with E-state index in [-0.39, 0.29) is 11.6 Å². The second-order valence-corrected chi connectivity index (χ2v) is 3.62. The highest BCUT2D eigenvalue weighted by Gasteiger charge is 2.17. The number of rotatable bonds is 2. The molecule has 2 rings (SSSR count). The van der Waals surface area contributed by atoms with Crippen molar-refractivity contribution in [3.05, 3.63) is 33.9 Å². The van der Waals surface area contributed by atoms with Gasteiger partial charge in [0.2, 0.25) is 5.95 Å². The number of nitrogens with two attached hydrogens (primary N) is 1. The molecule has 1 heterocycles. The van der Waals surface area contributed by atoms with E-state index in [1.54, 1.807) is 26.1 Å². The summed E-state index contributed by atoms with van der Waals surface area (Å²) in [6.45, 7) is 1.67. The van der Waals surface area contributed by atoms with Crippen LogP contribution in [0.25, 0.3) is 11.4 Å². The summed E-state index contributed by atoms with van der Waals surface area (Å²) in [6, 6.07) is 4.79. The topological polar surface area (TPSA) is 99.9 Å². The van der Waals surface area contributed by atoms with E-state index in [1.165, 1.54) is 10.7 Å². The second kappa shape index (κ2) is 3.85. The Morgan fingerprint density at radius 2 is 2.18 bits per heavy atom. The number of aryl methyl sites for hydroxylation is 1. The molecule has 0 amide bonds. The summed E-state index contributed by atoms with van der Waals surface area (Å²) in [4.78, 5) is 14.4. The van der Waals surface area contributed by atoms with Gasteiger partial charge in [-0.1, -0.05) is 12.1 Å². The highest BCUT2D eigenvalue weighted by molar-refractivity contribution is 5.66. The monoisotopic (exact) mass is 233 g/mol. The van der Waals surface area contributed by atoms with E-state index >= 15 is 0 Å². The molecule has 7 heteroatoms. The molecule has 0 spiro atoms. The van der Waals surface area contributed by atoms with Gasteiger partial charge in [0, 0.05) is 24.2 Å². The van der Waals surface area contributed by atoms with Gasteiger partial charge in [-0.3, -0.25) is 10.1 Å². The van der Waals surface area contributed by atoms with Crippen LogP contribution in [0.2, 0.25) is 0 Å². The average Bonchev–Trinajstić information content (AvgIpc) is 2.59. The fraction of sp³-hybridized carbons (Fsp3) is 0.200. The van der Waals surface area contributed by atoms with E-state index in [4.69, 9.17) is 5.73 Å². The summed E-state index contributed by atoms with van der Waals surface area (Å²) >= 11 is 0. The van der Waals surface area contributed by atoms with Crippen molar-refractivity contribution in [1.82, 2.24) is 14.8 Å². The zero-order valence-electron chi connectivity index (χ0n) is 9.41. The third-order valence-electron chi connectivity index (χ3n) is 2.54. The summed E-state index contributed by atoms with van der Waals surface area (Å²) in [6.07, 6.45) is 0. The van der Waals surface area contributed by atoms with Gasteiger partial charge < -0.3 is 5.73 Å². The molecule has 0 fully saturated rings. The molecule has 0 aliphatic carbocycles. The third-order valence-corrected chi connectivity index (χ3v) is 2.54. The van der Waals surface area contributed by atoms with Gasteiger partial charge in [0.05, 0.1) is 4.92 Å². The van der Waals surface area contributed by atoms with E-state index in [1.807, 2.05) is 0 Å². The third kappa shape index (κ3) is 1.82. The SMILES string of the molecule is Cc1c(-c2nc(N)n(C)n2)cccc1[N+](=O)[O-]. The number of nitrogen functional groups attached to an aromatic ring is 1. The Morgan fingerprint density at radius 1 is 1.47 bits per heavy atom. The Hall–Kier alpha value is -2.44. The predicted octanol–water partition coefficient (Wildman–Crippen LogP) is 1.28. The van der Waals surface area contributed by atoms with Gasteiger partial charge >= 0.3 is 0 Å². The zero-order chi connectivity index (χ0) is 12.6. The maximum Gasteiger partial charge on any atom is 0.273 e. The minimum absolute atomic E-state index is 0.0496. The number of hydrogen-bond donors (Lipinski definition) is 1. The van der Waals surface area contributed by atoms with Crippen LogP contribution in [0.1, 0.15) is 5.56 Å². The van der Waals surface area contributed by atoms with E-state index in [9.17, 15) is 10.1 Å². The van der Waals surface area contributed by atoms with Crippen LogP contribution in [0.15, 0.2) is 18.2 Å². The molecule has 2 aromatic rings. The van der Waals surface area contributed by atoms with Gasteiger partial charge in [-0.05, 0) is 6.92 Å². The van der Waals surface area contributed by atoms with Crippen LogP contribution >= 0.6 is 0 Å². The molecule has 0 aliphatic rings. The summed E-state index contributed by atoms with van der Waals surface area (Å²) in [7, 11) is 1.67. The lowest BCUT2D eigenvalue weighted by Gasteiger charge is -2.01. The lowest BCUT2D eigenvalue weighted by Crippen LogP contribution is -1.97. The minimum atomic E-state index is -0.425. The first-order valence-corrected chi connectivity index (χ1v) is 4.91. The fourth-order valence-corrected chi connectivity index (χ4v) is 1.57. The number of anilines is 1. The number of nitrogens with zero attached hydrogens (tertiary/aromatic N) is 4. The lowest BCUT2D eigenvalue weighted by molar-refractivity contribution is -0.385. The molecular formula is C10H11N5O2. The Labute approximate surface area is 97.0 Å². The Bertz CT molecular complexity index is 571.